The van der Waals surface area contributed by atoms with Gasteiger partial charge in [-0.2, -0.15) is 0 Å². The minimum atomic E-state index is -0.923. The summed E-state index contributed by atoms with van der Waals surface area (Å²) < 4.78 is 0. The van der Waals surface area contributed by atoms with Crippen LogP contribution >= 0.6 is 0 Å². The molecule has 1 amide bonds. The molecule has 2 N–H and O–H groups in total. The predicted octanol–water partition coefficient (Wildman–Crippen LogP) is 0.251. The number of rotatable bonds is 4. The van der Waals surface area contributed by atoms with Crippen LogP contribution in [0.3, 0.4) is 0 Å². The summed E-state index contributed by atoms with van der Waals surface area (Å²) in [6, 6.07) is 0. The van der Waals surface area contributed by atoms with Crippen molar-refractivity contribution in [3.8, 4) is 0 Å². The summed E-state index contributed by atoms with van der Waals surface area (Å²) in [6.45, 7) is 1.92. The average Bonchev–Trinajstić information content (AvgIpc) is 1.98. The fraction of sp³-hybridized carbons (Fsp3) is 0.667. The standard InChI is InChI=1S/C6H11NO3/c1-2-3-4-5(8)6(9)7-10/h10H,2-4H2,1H3,(H,7,9). The van der Waals surface area contributed by atoms with Gasteiger partial charge in [0.25, 0.3) is 0 Å². The van der Waals surface area contributed by atoms with Crippen LogP contribution in [0.25, 0.3) is 0 Å². The van der Waals surface area contributed by atoms with Crippen molar-refractivity contribution in [2.45, 2.75) is 26.2 Å². The van der Waals surface area contributed by atoms with E-state index in [1.165, 1.54) is 5.48 Å². The van der Waals surface area contributed by atoms with Crippen LogP contribution in [-0.2, 0) is 9.59 Å². The lowest BCUT2D eigenvalue weighted by molar-refractivity contribution is -0.143. The van der Waals surface area contributed by atoms with E-state index in [1.54, 1.807) is 0 Å². The van der Waals surface area contributed by atoms with Gasteiger partial charge >= 0.3 is 5.91 Å². The van der Waals surface area contributed by atoms with Crippen molar-refractivity contribution >= 4 is 11.7 Å². The molecule has 0 unspecified atom stereocenters. The van der Waals surface area contributed by atoms with Crippen LogP contribution in [0.2, 0.25) is 0 Å². The Kier molecular flexibility index (Phi) is 4.49. The zero-order valence-corrected chi connectivity index (χ0v) is 5.89. The molecule has 0 atom stereocenters. The molecule has 0 aromatic carbocycles. The summed E-state index contributed by atoms with van der Waals surface area (Å²) in [5.74, 6) is -1.49. The molecule has 0 heterocycles. The first-order valence-corrected chi connectivity index (χ1v) is 3.19. The fourth-order valence-corrected chi connectivity index (χ4v) is 0.513. The first-order chi connectivity index (χ1) is 4.72. The summed E-state index contributed by atoms with van der Waals surface area (Å²) in [5, 5.41) is 7.98. The number of Topliss-reactive ketones (excluding diaryl/α,β-unsaturated/α-hetero) is 1. The van der Waals surface area contributed by atoms with E-state index in [0.29, 0.717) is 6.42 Å². The lowest BCUT2D eigenvalue weighted by Crippen LogP contribution is -2.27. The van der Waals surface area contributed by atoms with Crippen LogP contribution in [0, 0.1) is 0 Å². The number of carbonyl (C=O) groups is 2. The smallest absolute Gasteiger partial charge is 0.289 e. The van der Waals surface area contributed by atoms with E-state index in [0.717, 1.165) is 6.42 Å². The Balaban J connectivity index is 3.52. The number of ketones is 1. The minimum absolute atomic E-state index is 0.211. The highest BCUT2D eigenvalue weighted by molar-refractivity contribution is 6.35. The molecule has 0 radical (unpaired) electrons. The van der Waals surface area contributed by atoms with Crippen LogP contribution in [0.1, 0.15) is 26.2 Å². The highest BCUT2D eigenvalue weighted by atomic mass is 16.5. The van der Waals surface area contributed by atoms with Gasteiger partial charge in [-0.25, -0.2) is 5.48 Å². The van der Waals surface area contributed by atoms with E-state index in [2.05, 4.69) is 0 Å². The molecule has 0 aromatic heterocycles. The van der Waals surface area contributed by atoms with E-state index < -0.39 is 11.7 Å². The minimum Gasteiger partial charge on any atom is -0.289 e. The Bertz CT molecular complexity index is 133. The van der Waals surface area contributed by atoms with Crippen molar-refractivity contribution < 1.29 is 14.8 Å². The molecule has 0 saturated carbocycles. The SMILES string of the molecule is CCCCC(=O)C(=O)NO. The lowest BCUT2D eigenvalue weighted by atomic mass is 10.2. The van der Waals surface area contributed by atoms with E-state index in [-0.39, 0.29) is 6.42 Å². The largest absolute Gasteiger partial charge is 0.310 e. The first-order valence-electron chi connectivity index (χ1n) is 3.19. The summed E-state index contributed by atoms with van der Waals surface area (Å²) in [6.07, 6.45) is 1.76. The molecular weight excluding hydrogens is 134 g/mol. The Labute approximate surface area is 59.2 Å². The molecule has 0 spiro atoms. The molecule has 0 fully saturated rings. The maximum Gasteiger partial charge on any atom is 0.310 e. The molecule has 0 aliphatic heterocycles. The molecule has 4 heteroatoms. The fourth-order valence-electron chi connectivity index (χ4n) is 0.513. The zero-order chi connectivity index (χ0) is 7.98. The molecule has 0 rings (SSSR count). The quantitative estimate of drug-likeness (QED) is 0.338. The van der Waals surface area contributed by atoms with Crippen LogP contribution in [0.4, 0.5) is 0 Å². The number of nitrogens with one attached hydrogen (secondary N) is 1. The van der Waals surface area contributed by atoms with E-state index in [9.17, 15) is 9.59 Å². The number of hydroxylamine groups is 1. The molecule has 0 aliphatic rings. The van der Waals surface area contributed by atoms with Crippen LogP contribution in [0.5, 0.6) is 0 Å². The average molecular weight is 145 g/mol. The summed E-state index contributed by atoms with van der Waals surface area (Å²) in [4.78, 5) is 20.9. The number of hydrogen-bond acceptors (Lipinski definition) is 3. The van der Waals surface area contributed by atoms with Crippen molar-refractivity contribution in [3.63, 3.8) is 0 Å². The van der Waals surface area contributed by atoms with Gasteiger partial charge in [0.2, 0.25) is 5.78 Å². The molecule has 0 bridgehead atoms. The topological polar surface area (TPSA) is 66.4 Å². The van der Waals surface area contributed by atoms with Crippen molar-refractivity contribution in [2.75, 3.05) is 0 Å². The normalized spacial score (nSPS) is 9.00. The Morgan fingerprint density at radius 2 is 2.10 bits per heavy atom. The molecule has 4 nitrogen and oxygen atoms in total. The van der Waals surface area contributed by atoms with Crippen molar-refractivity contribution in [2.24, 2.45) is 0 Å². The third-order valence-corrected chi connectivity index (χ3v) is 1.11. The van der Waals surface area contributed by atoms with Gasteiger partial charge in [-0.05, 0) is 6.42 Å². The third kappa shape index (κ3) is 3.19. The predicted molar refractivity (Wildman–Crippen MR) is 34.5 cm³/mol. The summed E-state index contributed by atoms with van der Waals surface area (Å²) in [5.41, 5.74) is 1.29. The number of amides is 1. The molecule has 0 aliphatic carbocycles. The number of hydrogen-bond donors (Lipinski definition) is 2. The lowest BCUT2D eigenvalue weighted by Gasteiger charge is -1.94. The number of carbonyl (C=O) groups excluding carboxylic acids is 2. The molecule has 10 heavy (non-hydrogen) atoms. The van der Waals surface area contributed by atoms with E-state index in [4.69, 9.17) is 5.21 Å². The van der Waals surface area contributed by atoms with Crippen molar-refractivity contribution in [1.29, 1.82) is 0 Å². The Morgan fingerprint density at radius 3 is 2.50 bits per heavy atom. The van der Waals surface area contributed by atoms with Crippen LogP contribution in [-0.4, -0.2) is 16.9 Å². The van der Waals surface area contributed by atoms with Crippen molar-refractivity contribution in [1.82, 2.24) is 5.48 Å². The highest BCUT2D eigenvalue weighted by Gasteiger charge is 2.10. The van der Waals surface area contributed by atoms with Gasteiger partial charge < -0.3 is 0 Å². The van der Waals surface area contributed by atoms with Gasteiger partial charge in [-0.1, -0.05) is 13.3 Å². The second-order valence-corrected chi connectivity index (χ2v) is 1.97. The molecule has 0 saturated heterocycles. The maximum atomic E-state index is 10.6. The molecular formula is C6H11NO3. The Morgan fingerprint density at radius 1 is 1.50 bits per heavy atom. The Hall–Kier alpha value is -0.900. The summed E-state index contributed by atoms with van der Waals surface area (Å²) in [7, 11) is 0. The van der Waals surface area contributed by atoms with Crippen molar-refractivity contribution in [3.05, 3.63) is 0 Å². The monoisotopic (exact) mass is 145 g/mol. The highest BCUT2D eigenvalue weighted by Crippen LogP contribution is 1.94. The zero-order valence-electron chi connectivity index (χ0n) is 5.89. The van der Waals surface area contributed by atoms with Gasteiger partial charge in [-0.3, -0.25) is 14.8 Å². The maximum absolute atomic E-state index is 10.6. The van der Waals surface area contributed by atoms with Gasteiger partial charge in [0.1, 0.15) is 0 Å². The number of unbranched alkanes of at least 4 members (excludes halogenated alkanes) is 1. The van der Waals surface area contributed by atoms with Crippen LogP contribution in [0.15, 0.2) is 0 Å². The molecule has 58 valence electrons. The second-order valence-electron chi connectivity index (χ2n) is 1.97. The van der Waals surface area contributed by atoms with Gasteiger partial charge in [0, 0.05) is 6.42 Å². The third-order valence-electron chi connectivity index (χ3n) is 1.11. The van der Waals surface area contributed by atoms with Crippen LogP contribution < -0.4 is 5.48 Å². The summed E-state index contributed by atoms with van der Waals surface area (Å²) >= 11 is 0. The van der Waals surface area contributed by atoms with Gasteiger partial charge in [-0.15, -0.1) is 0 Å². The van der Waals surface area contributed by atoms with Gasteiger partial charge in [0.15, 0.2) is 0 Å². The van der Waals surface area contributed by atoms with E-state index in [1.807, 2.05) is 6.92 Å². The second kappa shape index (κ2) is 4.93. The van der Waals surface area contributed by atoms with E-state index >= 15 is 0 Å². The first kappa shape index (κ1) is 9.10. The molecule has 0 aromatic rings. The van der Waals surface area contributed by atoms with Gasteiger partial charge in [0.05, 0.1) is 0 Å².